The van der Waals surface area contributed by atoms with E-state index >= 15 is 0 Å². The van der Waals surface area contributed by atoms with Crippen molar-refractivity contribution < 1.29 is 9.59 Å². The number of halogens is 1. The Labute approximate surface area is 143 Å². The first-order chi connectivity index (χ1) is 11.1. The predicted octanol–water partition coefficient (Wildman–Crippen LogP) is 3.82. The van der Waals surface area contributed by atoms with Crippen LogP contribution in [0, 0.1) is 0 Å². The monoisotopic (exact) mass is 349 g/mol. The minimum Gasteiger partial charge on any atom is -0.341 e. The number of carbonyl (C=O) groups is 2. The average Bonchev–Trinajstić information content (AvgIpc) is 2.54. The van der Waals surface area contributed by atoms with E-state index in [1.807, 2.05) is 12.1 Å². The molecule has 2 rings (SSSR count). The lowest BCUT2D eigenvalue weighted by Crippen LogP contribution is -2.24. The van der Waals surface area contributed by atoms with Gasteiger partial charge in [-0.05, 0) is 42.5 Å². The SMILES string of the molecule is CNC(=O)Nc1cccc(NC(=O)CSc2ccc(Cl)cc2)c1. The summed E-state index contributed by atoms with van der Waals surface area (Å²) in [5.74, 6) is 0.163. The summed E-state index contributed by atoms with van der Waals surface area (Å²) in [4.78, 5) is 24.2. The molecule has 7 heteroatoms. The minimum atomic E-state index is -0.313. The minimum absolute atomic E-state index is 0.123. The van der Waals surface area contributed by atoms with Crippen LogP contribution in [0.1, 0.15) is 0 Å². The number of benzene rings is 2. The van der Waals surface area contributed by atoms with E-state index in [-0.39, 0.29) is 17.7 Å². The highest BCUT2D eigenvalue weighted by molar-refractivity contribution is 8.00. The molecule has 0 radical (unpaired) electrons. The second kappa shape index (κ2) is 8.45. The number of nitrogens with one attached hydrogen (secondary N) is 3. The molecule has 0 aliphatic heterocycles. The van der Waals surface area contributed by atoms with Crippen molar-refractivity contribution in [1.29, 1.82) is 0 Å². The quantitative estimate of drug-likeness (QED) is 0.718. The molecular formula is C16H16ClN3O2S. The fraction of sp³-hybridized carbons (Fsp3) is 0.125. The summed E-state index contributed by atoms with van der Waals surface area (Å²) in [6.07, 6.45) is 0. The third-order valence-electron chi connectivity index (χ3n) is 2.81. The van der Waals surface area contributed by atoms with Gasteiger partial charge in [-0.3, -0.25) is 4.79 Å². The molecule has 3 amide bonds. The first-order valence-electron chi connectivity index (χ1n) is 6.84. The number of rotatable bonds is 5. The van der Waals surface area contributed by atoms with Crippen molar-refractivity contribution in [3.05, 3.63) is 53.6 Å². The Kier molecular flexibility index (Phi) is 6.31. The summed E-state index contributed by atoms with van der Waals surface area (Å²) in [5, 5.41) is 8.58. The molecule has 0 atom stereocenters. The zero-order valence-corrected chi connectivity index (χ0v) is 14.0. The van der Waals surface area contributed by atoms with Gasteiger partial charge in [0.25, 0.3) is 0 Å². The molecule has 0 unspecified atom stereocenters. The summed E-state index contributed by atoms with van der Waals surface area (Å²) < 4.78 is 0. The largest absolute Gasteiger partial charge is 0.341 e. The molecule has 0 aromatic heterocycles. The van der Waals surface area contributed by atoms with E-state index in [4.69, 9.17) is 11.6 Å². The van der Waals surface area contributed by atoms with Gasteiger partial charge in [-0.25, -0.2) is 4.79 Å². The molecule has 0 spiro atoms. The second-order valence-corrected chi connectivity index (χ2v) is 6.06. The Hall–Kier alpha value is -2.18. The van der Waals surface area contributed by atoms with Crippen molar-refractivity contribution in [2.45, 2.75) is 4.90 Å². The zero-order chi connectivity index (χ0) is 16.7. The van der Waals surface area contributed by atoms with Crippen LogP contribution >= 0.6 is 23.4 Å². The van der Waals surface area contributed by atoms with E-state index in [0.717, 1.165) is 4.90 Å². The van der Waals surface area contributed by atoms with Crippen LogP contribution in [0.4, 0.5) is 16.2 Å². The lowest BCUT2D eigenvalue weighted by Gasteiger charge is -2.08. The third kappa shape index (κ3) is 5.84. The highest BCUT2D eigenvalue weighted by Gasteiger charge is 2.05. The van der Waals surface area contributed by atoms with Crippen molar-refractivity contribution in [3.8, 4) is 0 Å². The summed E-state index contributed by atoms with van der Waals surface area (Å²) in [6.45, 7) is 0. The summed E-state index contributed by atoms with van der Waals surface area (Å²) in [6, 6.07) is 14.0. The van der Waals surface area contributed by atoms with Gasteiger partial charge in [-0.15, -0.1) is 11.8 Å². The summed E-state index contributed by atoms with van der Waals surface area (Å²) in [5.41, 5.74) is 1.23. The molecule has 0 saturated carbocycles. The number of urea groups is 1. The van der Waals surface area contributed by atoms with Crippen LogP contribution < -0.4 is 16.0 Å². The predicted molar refractivity (Wildman–Crippen MR) is 95.3 cm³/mol. The van der Waals surface area contributed by atoms with Gasteiger partial charge in [-0.2, -0.15) is 0 Å². The fourth-order valence-electron chi connectivity index (χ4n) is 1.75. The highest BCUT2D eigenvalue weighted by atomic mass is 35.5. The van der Waals surface area contributed by atoms with E-state index in [2.05, 4.69) is 16.0 Å². The lowest BCUT2D eigenvalue weighted by atomic mass is 10.3. The van der Waals surface area contributed by atoms with Crippen molar-refractivity contribution in [2.24, 2.45) is 0 Å². The first kappa shape index (κ1) is 17.2. The van der Waals surface area contributed by atoms with E-state index < -0.39 is 0 Å². The van der Waals surface area contributed by atoms with Gasteiger partial charge in [0.05, 0.1) is 5.75 Å². The van der Waals surface area contributed by atoms with Crippen LogP contribution in [0.25, 0.3) is 0 Å². The molecule has 0 saturated heterocycles. The molecule has 5 nitrogen and oxygen atoms in total. The van der Waals surface area contributed by atoms with Gasteiger partial charge in [0.2, 0.25) is 5.91 Å². The van der Waals surface area contributed by atoms with Crippen LogP contribution in [-0.2, 0) is 4.79 Å². The van der Waals surface area contributed by atoms with Crippen LogP contribution in [0.15, 0.2) is 53.4 Å². The number of carbonyl (C=O) groups excluding carboxylic acids is 2. The molecule has 2 aromatic carbocycles. The number of hydrogen-bond acceptors (Lipinski definition) is 3. The van der Waals surface area contributed by atoms with Crippen LogP contribution in [-0.4, -0.2) is 24.7 Å². The maximum Gasteiger partial charge on any atom is 0.318 e. The number of anilines is 2. The van der Waals surface area contributed by atoms with Gasteiger partial charge < -0.3 is 16.0 Å². The molecule has 23 heavy (non-hydrogen) atoms. The van der Waals surface area contributed by atoms with Crippen LogP contribution in [0.3, 0.4) is 0 Å². The average molecular weight is 350 g/mol. The van der Waals surface area contributed by atoms with Crippen molar-refractivity contribution in [1.82, 2.24) is 5.32 Å². The number of thioether (sulfide) groups is 1. The Morgan fingerprint density at radius 3 is 2.35 bits per heavy atom. The smallest absolute Gasteiger partial charge is 0.318 e. The van der Waals surface area contributed by atoms with Gasteiger partial charge in [0.15, 0.2) is 0 Å². The van der Waals surface area contributed by atoms with E-state index in [0.29, 0.717) is 16.4 Å². The summed E-state index contributed by atoms with van der Waals surface area (Å²) >= 11 is 7.24. The molecule has 0 heterocycles. The van der Waals surface area contributed by atoms with Crippen molar-refractivity contribution in [2.75, 3.05) is 23.4 Å². The highest BCUT2D eigenvalue weighted by Crippen LogP contribution is 2.21. The topological polar surface area (TPSA) is 70.2 Å². The van der Waals surface area contributed by atoms with Gasteiger partial charge in [0, 0.05) is 28.3 Å². The van der Waals surface area contributed by atoms with Crippen LogP contribution in [0.2, 0.25) is 5.02 Å². The number of amides is 3. The molecule has 2 aromatic rings. The van der Waals surface area contributed by atoms with Crippen LogP contribution in [0.5, 0.6) is 0 Å². The Morgan fingerprint density at radius 1 is 1.04 bits per heavy atom. The van der Waals surface area contributed by atoms with Crippen molar-refractivity contribution in [3.63, 3.8) is 0 Å². The Bertz CT molecular complexity index is 692. The fourth-order valence-corrected chi connectivity index (χ4v) is 2.57. The first-order valence-corrected chi connectivity index (χ1v) is 8.20. The maximum absolute atomic E-state index is 12.0. The summed E-state index contributed by atoms with van der Waals surface area (Å²) in [7, 11) is 1.54. The normalized spacial score (nSPS) is 10.0. The molecule has 0 bridgehead atoms. The molecule has 0 aliphatic rings. The Balaban J connectivity index is 1.88. The second-order valence-electron chi connectivity index (χ2n) is 4.58. The maximum atomic E-state index is 12.0. The molecular weight excluding hydrogens is 334 g/mol. The molecule has 0 fully saturated rings. The molecule has 3 N–H and O–H groups in total. The van der Waals surface area contributed by atoms with E-state index in [9.17, 15) is 9.59 Å². The van der Waals surface area contributed by atoms with E-state index in [1.54, 1.807) is 36.4 Å². The van der Waals surface area contributed by atoms with Gasteiger partial charge in [-0.1, -0.05) is 17.7 Å². The third-order valence-corrected chi connectivity index (χ3v) is 4.08. The van der Waals surface area contributed by atoms with E-state index in [1.165, 1.54) is 18.8 Å². The van der Waals surface area contributed by atoms with Gasteiger partial charge >= 0.3 is 6.03 Å². The molecule has 0 aliphatic carbocycles. The van der Waals surface area contributed by atoms with Crippen molar-refractivity contribution >= 4 is 46.7 Å². The van der Waals surface area contributed by atoms with Gasteiger partial charge in [0.1, 0.15) is 0 Å². The number of hydrogen-bond donors (Lipinski definition) is 3. The molecule has 120 valence electrons. The Morgan fingerprint density at radius 2 is 1.70 bits per heavy atom. The lowest BCUT2D eigenvalue weighted by molar-refractivity contribution is -0.113. The zero-order valence-electron chi connectivity index (χ0n) is 12.4. The standard InChI is InChI=1S/C16H16ClN3O2S/c1-18-16(22)20-13-4-2-3-12(9-13)19-15(21)10-23-14-7-5-11(17)6-8-14/h2-9H,10H2,1H3,(H,19,21)(H2,18,20,22).